The summed E-state index contributed by atoms with van der Waals surface area (Å²) in [5, 5.41) is 10.4. The molecule has 0 aromatic carbocycles. The van der Waals surface area contributed by atoms with Gasteiger partial charge in [0.1, 0.15) is 5.82 Å². The predicted octanol–water partition coefficient (Wildman–Crippen LogP) is 0.206. The quantitative estimate of drug-likeness (QED) is 0.518. The van der Waals surface area contributed by atoms with Crippen LogP contribution in [0.1, 0.15) is 18.7 Å². The zero-order valence-corrected chi connectivity index (χ0v) is 14.3. The molecule has 2 rings (SSSR count). The number of aromatic nitrogens is 3. The van der Waals surface area contributed by atoms with Crippen LogP contribution < -0.4 is 5.32 Å². The zero-order valence-electron chi connectivity index (χ0n) is 13.5. The number of methoxy groups -OCH3 is 1. The molecule has 2 amide bonds. The summed E-state index contributed by atoms with van der Waals surface area (Å²) in [6.45, 7) is 3.91. The first-order valence-corrected chi connectivity index (χ1v) is 8.65. The minimum atomic E-state index is -0.139. The standard InChI is InChI=1S/C14H23N5O3S/c1-10-16-14(18-17-10)23-8-5-15-13(21)11-3-4-12(20)19(9-11)6-7-22-2/h11H,3-9H2,1-2H3,(H,15,21)(H,16,17,18)/t11-/m1/s1. The van der Waals surface area contributed by atoms with E-state index in [9.17, 15) is 9.59 Å². The normalized spacial score (nSPS) is 18.3. The molecule has 0 radical (unpaired) electrons. The molecule has 2 N–H and O–H groups in total. The van der Waals surface area contributed by atoms with Crippen molar-refractivity contribution in [3.8, 4) is 0 Å². The number of amides is 2. The van der Waals surface area contributed by atoms with Crippen LogP contribution >= 0.6 is 11.8 Å². The highest BCUT2D eigenvalue weighted by molar-refractivity contribution is 7.99. The van der Waals surface area contributed by atoms with Crippen molar-refractivity contribution >= 4 is 23.6 Å². The summed E-state index contributed by atoms with van der Waals surface area (Å²) in [7, 11) is 1.60. The largest absolute Gasteiger partial charge is 0.383 e. The first-order chi connectivity index (χ1) is 11.1. The second kappa shape index (κ2) is 8.88. The van der Waals surface area contributed by atoms with Gasteiger partial charge in [0.05, 0.1) is 12.5 Å². The number of carbonyl (C=O) groups excluding carboxylic acids is 2. The number of nitrogens with zero attached hydrogens (tertiary/aromatic N) is 3. The summed E-state index contributed by atoms with van der Waals surface area (Å²) in [5.41, 5.74) is 0. The minimum Gasteiger partial charge on any atom is -0.383 e. The number of hydrogen-bond donors (Lipinski definition) is 2. The molecule has 0 bridgehead atoms. The molecule has 9 heteroatoms. The Hall–Kier alpha value is -1.61. The van der Waals surface area contributed by atoms with Crippen LogP contribution in [0.3, 0.4) is 0 Å². The van der Waals surface area contributed by atoms with Crippen molar-refractivity contribution in [2.75, 3.05) is 39.1 Å². The highest BCUT2D eigenvalue weighted by atomic mass is 32.2. The van der Waals surface area contributed by atoms with Crippen LogP contribution in [0.5, 0.6) is 0 Å². The molecule has 128 valence electrons. The second-order valence-corrected chi connectivity index (χ2v) is 6.47. The van der Waals surface area contributed by atoms with E-state index in [1.54, 1.807) is 12.0 Å². The smallest absolute Gasteiger partial charge is 0.224 e. The third-order valence-corrected chi connectivity index (χ3v) is 4.49. The molecule has 0 saturated carbocycles. The van der Waals surface area contributed by atoms with Gasteiger partial charge in [-0.2, -0.15) is 0 Å². The summed E-state index contributed by atoms with van der Waals surface area (Å²) < 4.78 is 5.00. The molecule has 1 fully saturated rings. The number of piperidine rings is 1. The van der Waals surface area contributed by atoms with E-state index < -0.39 is 0 Å². The number of hydrogen-bond acceptors (Lipinski definition) is 6. The van der Waals surface area contributed by atoms with Crippen molar-refractivity contribution in [1.82, 2.24) is 25.4 Å². The monoisotopic (exact) mass is 341 g/mol. The first-order valence-electron chi connectivity index (χ1n) is 7.66. The molecular formula is C14H23N5O3S. The van der Waals surface area contributed by atoms with E-state index in [1.165, 1.54) is 11.8 Å². The first kappa shape index (κ1) is 17.7. The summed E-state index contributed by atoms with van der Waals surface area (Å²) in [6, 6.07) is 0. The Bertz CT molecular complexity index is 536. The summed E-state index contributed by atoms with van der Waals surface area (Å²) in [5.74, 6) is 1.45. The van der Waals surface area contributed by atoms with Crippen LogP contribution in [0.25, 0.3) is 0 Å². The molecule has 1 aliphatic rings. The Kier molecular flexibility index (Phi) is 6.85. The van der Waals surface area contributed by atoms with Gasteiger partial charge in [0.2, 0.25) is 17.0 Å². The maximum absolute atomic E-state index is 12.2. The molecule has 0 spiro atoms. The lowest BCUT2D eigenvalue weighted by Gasteiger charge is -2.31. The molecule has 1 aromatic heterocycles. The van der Waals surface area contributed by atoms with Gasteiger partial charge >= 0.3 is 0 Å². The van der Waals surface area contributed by atoms with E-state index in [4.69, 9.17) is 4.74 Å². The van der Waals surface area contributed by atoms with E-state index in [1.807, 2.05) is 6.92 Å². The maximum atomic E-state index is 12.2. The third-order valence-electron chi connectivity index (χ3n) is 3.65. The fourth-order valence-electron chi connectivity index (χ4n) is 2.39. The van der Waals surface area contributed by atoms with Crippen molar-refractivity contribution in [2.24, 2.45) is 5.92 Å². The maximum Gasteiger partial charge on any atom is 0.224 e. The van der Waals surface area contributed by atoms with Crippen molar-refractivity contribution in [3.05, 3.63) is 5.82 Å². The summed E-state index contributed by atoms with van der Waals surface area (Å²) >= 11 is 1.49. The Morgan fingerprint density at radius 2 is 2.39 bits per heavy atom. The Morgan fingerprint density at radius 3 is 3.09 bits per heavy atom. The topological polar surface area (TPSA) is 100 Å². The molecule has 1 aromatic rings. The van der Waals surface area contributed by atoms with Crippen molar-refractivity contribution < 1.29 is 14.3 Å². The summed E-state index contributed by atoms with van der Waals surface area (Å²) in [4.78, 5) is 29.9. The third kappa shape index (κ3) is 5.51. The van der Waals surface area contributed by atoms with Crippen LogP contribution in [0.2, 0.25) is 0 Å². The highest BCUT2D eigenvalue weighted by Gasteiger charge is 2.29. The van der Waals surface area contributed by atoms with E-state index in [0.717, 1.165) is 5.82 Å². The highest BCUT2D eigenvalue weighted by Crippen LogP contribution is 2.18. The Balaban J connectivity index is 1.69. The molecule has 1 aliphatic heterocycles. The van der Waals surface area contributed by atoms with Gasteiger partial charge in [-0.15, -0.1) is 5.10 Å². The molecule has 23 heavy (non-hydrogen) atoms. The zero-order chi connectivity index (χ0) is 16.7. The average Bonchev–Trinajstić information content (AvgIpc) is 2.96. The van der Waals surface area contributed by atoms with Gasteiger partial charge < -0.3 is 15.0 Å². The van der Waals surface area contributed by atoms with Gasteiger partial charge in [0.25, 0.3) is 0 Å². The Morgan fingerprint density at radius 1 is 1.57 bits per heavy atom. The number of aromatic amines is 1. The van der Waals surface area contributed by atoms with Crippen molar-refractivity contribution in [3.63, 3.8) is 0 Å². The number of thioether (sulfide) groups is 1. The number of H-pyrrole nitrogens is 1. The number of ether oxygens (including phenoxy) is 1. The molecule has 1 atom stereocenters. The van der Waals surface area contributed by atoms with E-state index in [-0.39, 0.29) is 17.7 Å². The molecule has 2 heterocycles. The Labute approximate surface area is 139 Å². The van der Waals surface area contributed by atoms with Crippen LogP contribution in [0.4, 0.5) is 0 Å². The van der Waals surface area contributed by atoms with Gasteiger partial charge in [-0.3, -0.25) is 14.7 Å². The lowest BCUT2D eigenvalue weighted by molar-refractivity contribution is -0.138. The molecular weight excluding hydrogens is 318 g/mol. The van der Waals surface area contributed by atoms with Gasteiger partial charge in [-0.25, -0.2) is 4.98 Å². The van der Waals surface area contributed by atoms with Crippen molar-refractivity contribution in [2.45, 2.75) is 24.9 Å². The second-order valence-electron chi connectivity index (χ2n) is 5.41. The van der Waals surface area contributed by atoms with Crippen molar-refractivity contribution in [1.29, 1.82) is 0 Å². The number of aryl methyl sites for hydroxylation is 1. The number of likely N-dealkylation sites (tertiary alicyclic amines) is 1. The van der Waals surface area contributed by atoms with E-state index in [2.05, 4.69) is 20.5 Å². The van der Waals surface area contributed by atoms with Crippen LogP contribution in [-0.2, 0) is 14.3 Å². The fourth-order valence-corrected chi connectivity index (χ4v) is 3.09. The van der Waals surface area contributed by atoms with Crippen LogP contribution in [-0.4, -0.2) is 71.0 Å². The average molecular weight is 341 g/mol. The van der Waals surface area contributed by atoms with Crippen LogP contribution in [0, 0.1) is 12.8 Å². The lowest BCUT2D eigenvalue weighted by Crippen LogP contribution is -2.47. The van der Waals surface area contributed by atoms with Gasteiger partial charge in [-0.1, -0.05) is 11.8 Å². The predicted molar refractivity (Wildman–Crippen MR) is 86.0 cm³/mol. The fraction of sp³-hybridized carbons (Fsp3) is 0.714. The molecule has 1 saturated heterocycles. The number of carbonyl (C=O) groups is 2. The lowest BCUT2D eigenvalue weighted by atomic mass is 9.96. The molecule has 8 nitrogen and oxygen atoms in total. The molecule has 0 unspecified atom stereocenters. The van der Waals surface area contributed by atoms with Gasteiger partial charge in [0.15, 0.2) is 0 Å². The van der Waals surface area contributed by atoms with Gasteiger partial charge in [-0.05, 0) is 13.3 Å². The van der Waals surface area contributed by atoms with Crippen LogP contribution in [0.15, 0.2) is 5.16 Å². The number of rotatable bonds is 8. The molecule has 0 aliphatic carbocycles. The minimum absolute atomic E-state index is 0.00619. The number of nitrogens with one attached hydrogen (secondary N) is 2. The summed E-state index contributed by atoms with van der Waals surface area (Å²) in [6.07, 6.45) is 1.04. The van der Waals surface area contributed by atoms with Gasteiger partial charge in [0, 0.05) is 38.9 Å². The van der Waals surface area contributed by atoms with E-state index >= 15 is 0 Å². The SMILES string of the molecule is COCCN1C[C@H](C(=O)NCCSc2n[nH]c(C)n2)CCC1=O. The van der Waals surface area contributed by atoms with E-state index in [0.29, 0.717) is 50.0 Å².